The average molecular weight is 248 g/mol. The van der Waals surface area contributed by atoms with Gasteiger partial charge >= 0.3 is 0 Å². The highest BCUT2D eigenvalue weighted by molar-refractivity contribution is 7.14. The van der Waals surface area contributed by atoms with Crippen LogP contribution < -0.4 is 5.32 Å². The Morgan fingerprint density at radius 3 is 2.94 bits per heavy atom. The van der Waals surface area contributed by atoms with E-state index in [4.69, 9.17) is 0 Å². The predicted octanol–water partition coefficient (Wildman–Crippen LogP) is 2.14. The molecule has 0 spiro atoms. The van der Waals surface area contributed by atoms with Crippen LogP contribution in [0, 0.1) is 0 Å². The number of nitrogens with zero attached hydrogens (tertiary/aromatic N) is 3. The van der Waals surface area contributed by atoms with Crippen molar-refractivity contribution in [1.29, 1.82) is 0 Å². The summed E-state index contributed by atoms with van der Waals surface area (Å²) in [5, 5.41) is 13.8. The third kappa shape index (κ3) is 3.57. The topological polar surface area (TPSA) is 50.7 Å². The molecule has 0 radical (unpaired) electrons. The summed E-state index contributed by atoms with van der Waals surface area (Å²) in [5.74, 6) is 0. The van der Waals surface area contributed by atoms with Crippen LogP contribution in [0.3, 0.4) is 0 Å². The molecule has 2 aromatic rings. The number of nitrogens with one attached hydrogen (secondary N) is 1. The fourth-order valence-corrected chi connectivity index (χ4v) is 2.26. The molecule has 0 unspecified atom stereocenters. The van der Waals surface area contributed by atoms with Gasteiger partial charge in [0, 0.05) is 37.0 Å². The summed E-state index contributed by atoms with van der Waals surface area (Å²) in [7, 11) is 0. The first kappa shape index (κ1) is 12.1. The van der Waals surface area contributed by atoms with Gasteiger partial charge in [-0.1, -0.05) is 25.2 Å². The van der Waals surface area contributed by atoms with Gasteiger partial charge in [0.2, 0.25) is 0 Å². The van der Waals surface area contributed by atoms with E-state index in [0.29, 0.717) is 6.04 Å². The van der Waals surface area contributed by atoms with Crippen molar-refractivity contribution < 1.29 is 0 Å². The summed E-state index contributed by atoms with van der Waals surface area (Å²) in [6, 6.07) is 4.43. The van der Waals surface area contributed by atoms with E-state index in [1.165, 1.54) is 0 Å². The summed E-state index contributed by atoms with van der Waals surface area (Å²) in [4.78, 5) is 4.08. The fraction of sp³-hybridized carbons (Fsp3) is 0.417. The first-order valence-corrected chi connectivity index (χ1v) is 6.53. The van der Waals surface area contributed by atoms with Gasteiger partial charge in [-0.25, -0.2) is 0 Å². The van der Waals surface area contributed by atoms with Crippen molar-refractivity contribution in [2.75, 3.05) is 6.54 Å². The summed E-state index contributed by atoms with van der Waals surface area (Å²) in [6.07, 6.45) is 4.50. The molecule has 90 valence electrons. The van der Waals surface area contributed by atoms with Crippen LogP contribution in [0.25, 0.3) is 10.6 Å². The first-order valence-electron chi connectivity index (χ1n) is 5.72. The standard InChI is InChI=1S/C12H16N4S/c1-9(2)14-7-5-11-15-16-12(17-11)10-4-3-6-13-8-10/h3-4,6,8-9,14H,5,7H2,1-2H3. The van der Waals surface area contributed by atoms with E-state index in [0.717, 1.165) is 28.5 Å². The molecule has 0 amide bonds. The minimum Gasteiger partial charge on any atom is -0.314 e. The Morgan fingerprint density at radius 2 is 2.24 bits per heavy atom. The zero-order chi connectivity index (χ0) is 12.1. The number of hydrogen-bond acceptors (Lipinski definition) is 5. The molecule has 2 rings (SSSR count). The van der Waals surface area contributed by atoms with Gasteiger partial charge in [-0.2, -0.15) is 0 Å². The predicted molar refractivity (Wildman–Crippen MR) is 70.0 cm³/mol. The van der Waals surface area contributed by atoms with Crippen molar-refractivity contribution in [1.82, 2.24) is 20.5 Å². The van der Waals surface area contributed by atoms with Crippen LogP contribution in [-0.4, -0.2) is 27.8 Å². The van der Waals surface area contributed by atoms with Gasteiger partial charge in [-0.15, -0.1) is 10.2 Å². The van der Waals surface area contributed by atoms with Crippen LogP contribution in [0.1, 0.15) is 18.9 Å². The summed E-state index contributed by atoms with van der Waals surface area (Å²) in [5.41, 5.74) is 1.04. The normalized spacial score (nSPS) is 11.0. The van der Waals surface area contributed by atoms with Crippen molar-refractivity contribution in [2.24, 2.45) is 0 Å². The van der Waals surface area contributed by atoms with Gasteiger partial charge in [-0.05, 0) is 12.1 Å². The Bertz CT molecular complexity index is 453. The Labute approximate surface area is 105 Å². The molecule has 0 atom stereocenters. The minimum absolute atomic E-state index is 0.515. The Hall–Kier alpha value is -1.33. The molecule has 0 aromatic carbocycles. The molecule has 0 aliphatic rings. The Balaban J connectivity index is 1.97. The highest BCUT2D eigenvalue weighted by atomic mass is 32.1. The van der Waals surface area contributed by atoms with Crippen LogP contribution in [0.4, 0.5) is 0 Å². The van der Waals surface area contributed by atoms with Gasteiger partial charge in [0.15, 0.2) is 0 Å². The molecule has 0 fully saturated rings. The monoisotopic (exact) mass is 248 g/mol. The molecule has 0 saturated carbocycles. The van der Waals surface area contributed by atoms with E-state index >= 15 is 0 Å². The van der Waals surface area contributed by atoms with Crippen LogP contribution >= 0.6 is 11.3 Å². The zero-order valence-electron chi connectivity index (χ0n) is 10.1. The maximum atomic E-state index is 4.19. The van der Waals surface area contributed by atoms with Crippen LogP contribution in [0.2, 0.25) is 0 Å². The molecule has 0 aliphatic carbocycles. The summed E-state index contributed by atoms with van der Waals surface area (Å²) >= 11 is 1.64. The third-order valence-corrected chi connectivity index (χ3v) is 3.30. The lowest BCUT2D eigenvalue weighted by atomic mass is 10.3. The summed E-state index contributed by atoms with van der Waals surface area (Å²) in [6.45, 7) is 5.22. The maximum absolute atomic E-state index is 4.19. The first-order chi connectivity index (χ1) is 8.25. The number of rotatable bonds is 5. The van der Waals surface area contributed by atoms with Crippen molar-refractivity contribution in [3.05, 3.63) is 29.5 Å². The Morgan fingerprint density at radius 1 is 1.35 bits per heavy atom. The van der Waals surface area contributed by atoms with E-state index in [1.807, 2.05) is 18.3 Å². The molecule has 17 heavy (non-hydrogen) atoms. The van der Waals surface area contributed by atoms with Gasteiger partial charge in [0.1, 0.15) is 10.0 Å². The van der Waals surface area contributed by atoms with Crippen molar-refractivity contribution in [3.8, 4) is 10.6 Å². The van der Waals surface area contributed by atoms with Gasteiger partial charge in [0.05, 0.1) is 0 Å². The highest BCUT2D eigenvalue weighted by Crippen LogP contribution is 2.22. The number of hydrogen-bond donors (Lipinski definition) is 1. The quantitative estimate of drug-likeness (QED) is 0.880. The van der Waals surface area contributed by atoms with Crippen molar-refractivity contribution >= 4 is 11.3 Å². The van der Waals surface area contributed by atoms with Crippen LogP contribution in [0.15, 0.2) is 24.5 Å². The number of pyridine rings is 1. The molecule has 0 saturated heterocycles. The number of aromatic nitrogens is 3. The molecule has 0 aliphatic heterocycles. The summed E-state index contributed by atoms with van der Waals surface area (Å²) < 4.78 is 0. The third-order valence-electron chi connectivity index (χ3n) is 2.27. The second kappa shape index (κ2) is 5.84. The average Bonchev–Trinajstić information content (AvgIpc) is 2.78. The molecular formula is C12H16N4S. The lowest BCUT2D eigenvalue weighted by Gasteiger charge is -2.04. The van der Waals surface area contributed by atoms with E-state index in [2.05, 4.69) is 34.3 Å². The highest BCUT2D eigenvalue weighted by Gasteiger charge is 2.06. The van der Waals surface area contributed by atoms with E-state index < -0.39 is 0 Å². The molecular weight excluding hydrogens is 232 g/mol. The molecule has 5 heteroatoms. The second-order valence-corrected chi connectivity index (χ2v) is 5.16. The van der Waals surface area contributed by atoms with Crippen molar-refractivity contribution in [3.63, 3.8) is 0 Å². The molecule has 2 aromatic heterocycles. The van der Waals surface area contributed by atoms with Crippen LogP contribution in [-0.2, 0) is 6.42 Å². The fourth-order valence-electron chi connectivity index (χ4n) is 1.43. The van der Waals surface area contributed by atoms with Crippen molar-refractivity contribution in [2.45, 2.75) is 26.3 Å². The largest absolute Gasteiger partial charge is 0.314 e. The lowest BCUT2D eigenvalue weighted by Crippen LogP contribution is -2.24. The SMILES string of the molecule is CC(C)NCCc1nnc(-c2cccnc2)s1. The Kier molecular flexibility index (Phi) is 4.17. The van der Waals surface area contributed by atoms with Gasteiger partial charge in [-0.3, -0.25) is 4.98 Å². The van der Waals surface area contributed by atoms with E-state index in [-0.39, 0.29) is 0 Å². The molecule has 0 bridgehead atoms. The van der Waals surface area contributed by atoms with E-state index in [9.17, 15) is 0 Å². The molecule has 2 heterocycles. The van der Waals surface area contributed by atoms with Crippen LogP contribution in [0.5, 0.6) is 0 Å². The smallest absolute Gasteiger partial charge is 0.149 e. The molecule has 1 N–H and O–H groups in total. The molecule has 4 nitrogen and oxygen atoms in total. The van der Waals surface area contributed by atoms with E-state index in [1.54, 1.807) is 17.5 Å². The van der Waals surface area contributed by atoms with Gasteiger partial charge < -0.3 is 5.32 Å². The maximum Gasteiger partial charge on any atom is 0.149 e. The second-order valence-electron chi connectivity index (χ2n) is 4.10. The lowest BCUT2D eigenvalue weighted by molar-refractivity contribution is 0.588. The minimum atomic E-state index is 0.515. The van der Waals surface area contributed by atoms with Gasteiger partial charge in [0.25, 0.3) is 0 Å². The zero-order valence-corrected chi connectivity index (χ0v) is 10.9.